The summed E-state index contributed by atoms with van der Waals surface area (Å²) in [6.45, 7) is 2.57. The van der Waals surface area contributed by atoms with Crippen LogP contribution in [0.25, 0.3) is 10.9 Å². The second-order valence-corrected chi connectivity index (χ2v) is 7.76. The number of H-pyrrole nitrogens is 1. The van der Waals surface area contributed by atoms with E-state index in [-0.39, 0.29) is 17.9 Å². The van der Waals surface area contributed by atoms with Gasteiger partial charge in [0.15, 0.2) is 0 Å². The molecule has 1 atom stereocenters. The zero-order valence-electron chi connectivity index (χ0n) is 16.7. The van der Waals surface area contributed by atoms with Crippen LogP contribution in [0.5, 0.6) is 0 Å². The number of carbonyl (C=O) groups is 1. The average Bonchev–Trinajstić information content (AvgIpc) is 3.12. The summed E-state index contributed by atoms with van der Waals surface area (Å²) in [7, 11) is 0. The maximum atomic E-state index is 13.6. The van der Waals surface area contributed by atoms with Crippen LogP contribution in [0.4, 0.5) is 14.9 Å². The molecule has 150 valence electrons. The van der Waals surface area contributed by atoms with Crippen LogP contribution >= 0.6 is 0 Å². The van der Waals surface area contributed by atoms with E-state index in [0.717, 1.165) is 34.4 Å². The SMILES string of the molecule is Cc1cccc(NC(=O)N2CCc3c([nH]c4ccccc34)C2c2ccc(F)cc2)c1. The van der Waals surface area contributed by atoms with Gasteiger partial charge in [-0.2, -0.15) is 0 Å². The van der Waals surface area contributed by atoms with Gasteiger partial charge in [-0.1, -0.05) is 42.5 Å². The van der Waals surface area contributed by atoms with Gasteiger partial charge in [0.25, 0.3) is 0 Å². The number of urea groups is 1. The summed E-state index contributed by atoms with van der Waals surface area (Å²) in [5.74, 6) is -0.290. The number of aromatic amines is 1. The number of aryl methyl sites for hydroxylation is 1. The Balaban J connectivity index is 1.57. The molecule has 4 aromatic rings. The highest BCUT2D eigenvalue weighted by molar-refractivity contribution is 5.91. The molecule has 2 amide bonds. The summed E-state index contributed by atoms with van der Waals surface area (Å²) >= 11 is 0. The first kappa shape index (κ1) is 18.4. The van der Waals surface area contributed by atoms with E-state index < -0.39 is 0 Å². The fourth-order valence-electron chi connectivity index (χ4n) is 4.37. The van der Waals surface area contributed by atoms with E-state index in [0.29, 0.717) is 6.54 Å². The van der Waals surface area contributed by atoms with Crippen LogP contribution in [0.2, 0.25) is 0 Å². The van der Waals surface area contributed by atoms with E-state index in [4.69, 9.17) is 0 Å². The van der Waals surface area contributed by atoms with Crippen LogP contribution in [0.15, 0.2) is 72.8 Å². The number of nitrogens with zero attached hydrogens (tertiary/aromatic N) is 1. The number of benzene rings is 3. The van der Waals surface area contributed by atoms with Crippen molar-refractivity contribution < 1.29 is 9.18 Å². The van der Waals surface area contributed by atoms with Gasteiger partial charge in [0, 0.05) is 28.8 Å². The van der Waals surface area contributed by atoms with Gasteiger partial charge in [0.1, 0.15) is 5.82 Å². The average molecular weight is 399 g/mol. The molecule has 0 bridgehead atoms. The van der Waals surface area contributed by atoms with Crippen molar-refractivity contribution in [3.8, 4) is 0 Å². The van der Waals surface area contributed by atoms with Crippen molar-refractivity contribution in [1.82, 2.24) is 9.88 Å². The Kier molecular flexibility index (Phi) is 4.51. The minimum atomic E-state index is -0.313. The molecule has 0 radical (unpaired) electrons. The van der Waals surface area contributed by atoms with Gasteiger partial charge in [0.05, 0.1) is 6.04 Å². The zero-order chi connectivity index (χ0) is 20.7. The smallest absolute Gasteiger partial charge is 0.322 e. The summed E-state index contributed by atoms with van der Waals surface area (Å²) in [5.41, 5.74) is 5.99. The van der Waals surface area contributed by atoms with Crippen molar-refractivity contribution in [1.29, 1.82) is 0 Å². The molecular formula is C25H22FN3O. The lowest BCUT2D eigenvalue weighted by Gasteiger charge is -2.36. The Labute approximate surface area is 174 Å². The number of para-hydroxylation sites is 1. The lowest BCUT2D eigenvalue weighted by Crippen LogP contribution is -2.43. The molecule has 1 unspecified atom stereocenters. The fourth-order valence-corrected chi connectivity index (χ4v) is 4.37. The van der Waals surface area contributed by atoms with E-state index in [2.05, 4.69) is 16.4 Å². The molecule has 1 aromatic heterocycles. The number of anilines is 1. The second-order valence-electron chi connectivity index (χ2n) is 7.76. The summed E-state index contributed by atoms with van der Waals surface area (Å²) in [6, 6.07) is 21.9. The molecule has 2 N–H and O–H groups in total. The normalized spacial score (nSPS) is 15.8. The Morgan fingerprint density at radius 2 is 1.87 bits per heavy atom. The molecule has 0 spiro atoms. The highest BCUT2D eigenvalue weighted by Crippen LogP contribution is 2.38. The number of carbonyl (C=O) groups excluding carboxylic acids is 1. The first-order valence-electron chi connectivity index (χ1n) is 10.1. The van der Waals surface area contributed by atoms with E-state index >= 15 is 0 Å². The van der Waals surface area contributed by atoms with Crippen molar-refractivity contribution in [2.24, 2.45) is 0 Å². The Hall–Kier alpha value is -3.60. The lowest BCUT2D eigenvalue weighted by molar-refractivity contribution is 0.193. The molecule has 5 heteroatoms. The highest BCUT2D eigenvalue weighted by Gasteiger charge is 2.34. The van der Waals surface area contributed by atoms with Gasteiger partial charge in [-0.15, -0.1) is 0 Å². The van der Waals surface area contributed by atoms with Crippen molar-refractivity contribution in [3.63, 3.8) is 0 Å². The van der Waals surface area contributed by atoms with Crippen LogP contribution in [0.1, 0.15) is 28.4 Å². The summed E-state index contributed by atoms with van der Waals surface area (Å²) in [4.78, 5) is 18.6. The quantitative estimate of drug-likeness (QED) is 0.440. The number of aromatic nitrogens is 1. The molecule has 0 saturated carbocycles. The maximum absolute atomic E-state index is 13.6. The maximum Gasteiger partial charge on any atom is 0.322 e. The van der Waals surface area contributed by atoms with Gasteiger partial charge >= 0.3 is 6.03 Å². The van der Waals surface area contributed by atoms with E-state index in [9.17, 15) is 9.18 Å². The lowest BCUT2D eigenvalue weighted by atomic mass is 9.92. The number of rotatable bonds is 2. The third-order valence-electron chi connectivity index (χ3n) is 5.75. The van der Waals surface area contributed by atoms with Crippen LogP contribution in [-0.2, 0) is 6.42 Å². The van der Waals surface area contributed by atoms with E-state index in [1.54, 1.807) is 12.1 Å². The van der Waals surface area contributed by atoms with Crippen LogP contribution < -0.4 is 5.32 Å². The topological polar surface area (TPSA) is 48.1 Å². The van der Waals surface area contributed by atoms with Crippen molar-refractivity contribution in [2.45, 2.75) is 19.4 Å². The molecule has 30 heavy (non-hydrogen) atoms. The van der Waals surface area contributed by atoms with Crippen molar-refractivity contribution in [2.75, 3.05) is 11.9 Å². The highest BCUT2D eigenvalue weighted by atomic mass is 19.1. The number of nitrogens with one attached hydrogen (secondary N) is 2. The van der Waals surface area contributed by atoms with Crippen LogP contribution in [0.3, 0.4) is 0 Å². The van der Waals surface area contributed by atoms with Crippen LogP contribution in [0, 0.1) is 12.7 Å². The first-order chi connectivity index (χ1) is 14.6. The zero-order valence-corrected chi connectivity index (χ0v) is 16.7. The molecule has 0 saturated heterocycles. The van der Waals surface area contributed by atoms with Crippen molar-refractivity contribution in [3.05, 3.63) is 101 Å². The predicted molar refractivity (Wildman–Crippen MR) is 117 cm³/mol. The molecule has 2 heterocycles. The van der Waals surface area contributed by atoms with Gasteiger partial charge in [0.2, 0.25) is 0 Å². The molecule has 3 aromatic carbocycles. The second kappa shape index (κ2) is 7.34. The van der Waals surface area contributed by atoms with E-state index in [1.807, 2.05) is 54.3 Å². The summed E-state index contributed by atoms with van der Waals surface area (Å²) in [6.07, 6.45) is 0.762. The standard InChI is InChI=1S/C25H22FN3O/c1-16-5-4-6-19(15-16)27-25(30)29-14-13-21-20-7-2-3-8-22(20)28-23(21)24(29)17-9-11-18(26)12-10-17/h2-12,15,24,28H,13-14H2,1H3,(H,27,30). The minimum absolute atomic E-state index is 0.167. The Morgan fingerprint density at radius 1 is 1.07 bits per heavy atom. The third kappa shape index (κ3) is 3.22. The van der Waals surface area contributed by atoms with Crippen molar-refractivity contribution >= 4 is 22.6 Å². The molecule has 0 fully saturated rings. The molecule has 5 rings (SSSR count). The number of hydrogen-bond acceptors (Lipinski definition) is 1. The molecule has 4 nitrogen and oxygen atoms in total. The Bertz CT molecular complexity index is 1230. The molecule has 1 aliphatic rings. The fraction of sp³-hybridized carbons (Fsp3) is 0.160. The van der Waals surface area contributed by atoms with Gasteiger partial charge < -0.3 is 15.2 Å². The van der Waals surface area contributed by atoms with Gasteiger partial charge in [-0.25, -0.2) is 9.18 Å². The minimum Gasteiger partial charge on any atom is -0.356 e. The predicted octanol–water partition coefficient (Wildman–Crippen LogP) is 5.80. The summed E-state index contributed by atoms with van der Waals surface area (Å²) < 4.78 is 13.6. The molecular weight excluding hydrogens is 377 g/mol. The Morgan fingerprint density at radius 3 is 2.67 bits per heavy atom. The van der Waals surface area contributed by atoms with Gasteiger partial charge in [-0.3, -0.25) is 0 Å². The molecule has 0 aliphatic carbocycles. The van der Waals surface area contributed by atoms with E-state index in [1.165, 1.54) is 23.1 Å². The number of amides is 2. The monoisotopic (exact) mass is 399 g/mol. The summed E-state index contributed by atoms with van der Waals surface area (Å²) in [5, 5.41) is 4.21. The molecule has 1 aliphatic heterocycles. The number of hydrogen-bond donors (Lipinski definition) is 2. The third-order valence-corrected chi connectivity index (χ3v) is 5.75. The van der Waals surface area contributed by atoms with Gasteiger partial charge in [-0.05, 0) is 60.4 Å². The number of halogens is 1. The first-order valence-corrected chi connectivity index (χ1v) is 10.1. The van der Waals surface area contributed by atoms with Crippen LogP contribution in [-0.4, -0.2) is 22.5 Å². The largest absolute Gasteiger partial charge is 0.356 e. The number of fused-ring (bicyclic) bond motifs is 3.